The first kappa shape index (κ1) is 21.4. The van der Waals surface area contributed by atoms with Crippen LogP contribution in [0, 0.1) is 19.7 Å². The van der Waals surface area contributed by atoms with Crippen LogP contribution in [0.3, 0.4) is 0 Å². The fourth-order valence-electron chi connectivity index (χ4n) is 3.71. The second kappa shape index (κ2) is 8.75. The maximum atomic E-state index is 13.9. The number of carbonyl (C=O) groups is 1. The van der Waals surface area contributed by atoms with E-state index < -0.39 is 0 Å². The molecule has 4 aromatic rings. The van der Waals surface area contributed by atoms with Gasteiger partial charge in [-0.05, 0) is 75.2 Å². The molecule has 0 saturated carbocycles. The van der Waals surface area contributed by atoms with Gasteiger partial charge in [0.15, 0.2) is 0 Å². The lowest BCUT2D eigenvalue weighted by molar-refractivity contribution is -0.111. The van der Waals surface area contributed by atoms with Crippen LogP contribution in [-0.4, -0.2) is 20.4 Å². The predicted octanol–water partition coefficient (Wildman–Crippen LogP) is 6.09. The summed E-state index contributed by atoms with van der Waals surface area (Å²) in [5.41, 5.74) is 5.58. The average molecular weight is 429 g/mol. The molecular formula is C26H25FN4O. The van der Waals surface area contributed by atoms with Gasteiger partial charge in [0.05, 0.1) is 16.7 Å². The third kappa shape index (κ3) is 4.30. The van der Waals surface area contributed by atoms with Crippen molar-refractivity contribution in [2.24, 2.45) is 0 Å². The van der Waals surface area contributed by atoms with Gasteiger partial charge in [-0.2, -0.15) is 0 Å². The standard InChI is InChI=1S/C26H25FN4O/c1-16(2)31-23-14-20(27)11-12-22(23)29-26(31)21-7-5-6-17(3)25(21)30-24(32)13-10-19-9-8-18(4)28-15-19/h5-16H,1-4H3,(H,30,32)/b13-10+. The van der Waals surface area contributed by atoms with Gasteiger partial charge in [0.25, 0.3) is 0 Å². The number of pyridine rings is 1. The minimum atomic E-state index is -0.306. The third-order valence-electron chi connectivity index (χ3n) is 5.29. The number of aromatic nitrogens is 3. The molecule has 0 spiro atoms. The van der Waals surface area contributed by atoms with Crippen LogP contribution in [-0.2, 0) is 4.79 Å². The van der Waals surface area contributed by atoms with Gasteiger partial charge in [-0.1, -0.05) is 18.2 Å². The smallest absolute Gasteiger partial charge is 0.248 e. The lowest BCUT2D eigenvalue weighted by atomic mass is 10.1. The Kier molecular flexibility index (Phi) is 5.86. The van der Waals surface area contributed by atoms with Crippen molar-refractivity contribution in [1.82, 2.24) is 14.5 Å². The lowest BCUT2D eigenvalue weighted by Gasteiger charge is -2.17. The minimum Gasteiger partial charge on any atom is -0.322 e. The number of imidazole rings is 1. The van der Waals surface area contributed by atoms with Gasteiger partial charge in [0.2, 0.25) is 5.91 Å². The Balaban J connectivity index is 1.73. The van der Waals surface area contributed by atoms with Crippen LogP contribution in [0.5, 0.6) is 0 Å². The molecule has 0 unspecified atom stereocenters. The van der Waals surface area contributed by atoms with E-state index in [1.165, 1.54) is 18.2 Å². The van der Waals surface area contributed by atoms with Crippen LogP contribution in [0.4, 0.5) is 10.1 Å². The van der Waals surface area contributed by atoms with Crippen LogP contribution in [0.2, 0.25) is 0 Å². The minimum absolute atomic E-state index is 0.0507. The average Bonchev–Trinajstić information content (AvgIpc) is 3.13. The molecule has 0 bridgehead atoms. The highest BCUT2D eigenvalue weighted by molar-refractivity contribution is 6.04. The molecule has 2 aromatic carbocycles. The van der Waals surface area contributed by atoms with Crippen molar-refractivity contribution in [3.63, 3.8) is 0 Å². The van der Waals surface area contributed by atoms with Crippen LogP contribution in [0.1, 0.15) is 36.7 Å². The number of rotatable bonds is 5. The van der Waals surface area contributed by atoms with E-state index in [0.717, 1.165) is 27.9 Å². The first-order valence-electron chi connectivity index (χ1n) is 10.5. The summed E-state index contributed by atoms with van der Waals surface area (Å²) in [7, 11) is 0. The summed E-state index contributed by atoms with van der Waals surface area (Å²) < 4.78 is 15.9. The highest BCUT2D eigenvalue weighted by Crippen LogP contribution is 2.35. The highest BCUT2D eigenvalue weighted by atomic mass is 19.1. The summed E-state index contributed by atoms with van der Waals surface area (Å²) in [4.78, 5) is 21.7. The largest absolute Gasteiger partial charge is 0.322 e. The maximum Gasteiger partial charge on any atom is 0.248 e. The molecule has 6 heteroatoms. The van der Waals surface area contributed by atoms with Gasteiger partial charge < -0.3 is 9.88 Å². The van der Waals surface area contributed by atoms with Gasteiger partial charge in [-0.15, -0.1) is 0 Å². The molecule has 0 radical (unpaired) electrons. The number of benzene rings is 2. The molecule has 1 amide bonds. The van der Waals surface area contributed by atoms with Crippen molar-refractivity contribution in [1.29, 1.82) is 0 Å². The first-order valence-corrected chi connectivity index (χ1v) is 10.5. The zero-order valence-corrected chi connectivity index (χ0v) is 18.6. The third-order valence-corrected chi connectivity index (χ3v) is 5.29. The van der Waals surface area contributed by atoms with E-state index in [1.807, 2.05) is 62.6 Å². The number of carbonyl (C=O) groups excluding carboxylic acids is 1. The molecule has 4 rings (SSSR count). The maximum absolute atomic E-state index is 13.9. The van der Waals surface area contributed by atoms with Crippen LogP contribution in [0.15, 0.2) is 60.8 Å². The fourth-order valence-corrected chi connectivity index (χ4v) is 3.71. The van der Waals surface area contributed by atoms with Gasteiger partial charge in [-0.25, -0.2) is 9.37 Å². The molecular weight excluding hydrogens is 403 g/mol. The van der Waals surface area contributed by atoms with E-state index >= 15 is 0 Å². The summed E-state index contributed by atoms with van der Waals surface area (Å²) in [5.74, 6) is 0.130. The number of hydrogen-bond donors (Lipinski definition) is 1. The first-order chi connectivity index (χ1) is 15.3. The van der Waals surface area contributed by atoms with Crippen molar-refractivity contribution < 1.29 is 9.18 Å². The number of amides is 1. The highest BCUT2D eigenvalue weighted by Gasteiger charge is 2.19. The number of nitrogens with zero attached hydrogens (tertiary/aromatic N) is 3. The van der Waals surface area contributed by atoms with Gasteiger partial charge >= 0.3 is 0 Å². The molecule has 32 heavy (non-hydrogen) atoms. The Hall–Kier alpha value is -3.80. The lowest BCUT2D eigenvalue weighted by Crippen LogP contribution is -2.12. The molecule has 0 fully saturated rings. The number of fused-ring (bicyclic) bond motifs is 1. The zero-order valence-electron chi connectivity index (χ0n) is 18.6. The number of halogens is 1. The quantitative estimate of drug-likeness (QED) is 0.392. The van der Waals surface area contributed by atoms with E-state index in [4.69, 9.17) is 4.98 Å². The number of hydrogen-bond acceptors (Lipinski definition) is 3. The van der Waals surface area contributed by atoms with Crippen LogP contribution >= 0.6 is 0 Å². The molecule has 0 atom stereocenters. The topological polar surface area (TPSA) is 59.8 Å². The fraction of sp³-hybridized carbons (Fsp3) is 0.192. The molecule has 0 aliphatic carbocycles. The number of nitrogens with one attached hydrogen (secondary N) is 1. The van der Waals surface area contributed by atoms with E-state index in [1.54, 1.807) is 18.3 Å². The van der Waals surface area contributed by atoms with Crippen molar-refractivity contribution in [2.75, 3.05) is 5.32 Å². The molecule has 162 valence electrons. The normalized spacial score (nSPS) is 11.6. The predicted molar refractivity (Wildman–Crippen MR) is 127 cm³/mol. The van der Waals surface area contributed by atoms with Gasteiger partial charge in [0, 0.05) is 29.6 Å². The molecule has 2 aromatic heterocycles. The van der Waals surface area contributed by atoms with Crippen molar-refractivity contribution in [3.05, 3.63) is 83.4 Å². The monoisotopic (exact) mass is 428 g/mol. The summed E-state index contributed by atoms with van der Waals surface area (Å²) in [6, 6.07) is 14.2. The van der Waals surface area contributed by atoms with Crippen LogP contribution in [0.25, 0.3) is 28.5 Å². The van der Waals surface area contributed by atoms with E-state index in [9.17, 15) is 9.18 Å². The molecule has 2 heterocycles. The molecule has 0 saturated heterocycles. The Bertz CT molecular complexity index is 1320. The SMILES string of the molecule is Cc1ccc(/C=C/C(=O)Nc2c(C)cccc2-c2nc3ccc(F)cc3n2C(C)C)cn1. The number of anilines is 1. The second-order valence-electron chi connectivity index (χ2n) is 8.09. The zero-order chi connectivity index (χ0) is 22.8. The van der Waals surface area contributed by atoms with Gasteiger partial charge in [0.1, 0.15) is 11.6 Å². The van der Waals surface area contributed by atoms with Crippen LogP contribution < -0.4 is 5.32 Å². The Morgan fingerprint density at radius 2 is 1.94 bits per heavy atom. The number of para-hydroxylation sites is 1. The Morgan fingerprint density at radius 3 is 2.66 bits per heavy atom. The van der Waals surface area contributed by atoms with Crippen molar-refractivity contribution in [3.8, 4) is 11.4 Å². The van der Waals surface area contributed by atoms with Gasteiger partial charge in [-0.3, -0.25) is 9.78 Å². The molecule has 5 nitrogen and oxygen atoms in total. The van der Waals surface area contributed by atoms with E-state index in [0.29, 0.717) is 17.0 Å². The molecule has 1 N–H and O–H groups in total. The summed E-state index contributed by atoms with van der Waals surface area (Å²) >= 11 is 0. The Labute approximate surface area is 186 Å². The van der Waals surface area contributed by atoms with E-state index in [-0.39, 0.29) is 17.8 Å². The Morgan fingerprint density at radius 1 is 1.12 bits per heavy atom. The summed E-state index contributed by atoms with van der Waals surface area (Å²) in [6.45, 7) is 7.91. The second-order valence-corrected chi connectivity index (χ2v) is 8.09. The van der Waals surface area contributed by atoms with Crippen molar-refractivity contribution in [2.45, 2.75) is 33.7 Å². The van der Waals surface area contributed by atoms with E-state index in [2.05, 4.69) is 10.3 Å². The summed E-state index contributed by atoms with van der Waals surface area (Å²) in [5, 5.41) is 3.01. The molecule has 0 aliphatic rings. The van der Waals surface area contributed by atoms with Crippen molar-refractivity contribution >= 4 is 28.7 Å². The number of aryl methyl sites for hydroxylation is 2. The molecule has 0 aliphatic heterocycles. The summed E-state index contributed by atoms with van der Waals surface area (Å²) in [6.07, 6.45) is 4.94.